The molecule has 1 amide bonds. The summed E-state index contributed by atoms with van der Waals surface area (Å²) in [6, 6.07) is 3.74. The maximum Gasteiger partial charge on any atom is 0.252 e. The second kappa shape index (κ2) is 6.64. The third kappa shape index (κ3) is 3.06. The number of primary amides is 1. The highest BCUT2D eigenvalue weighted by molar-refractivity contribution is 5.98. The van der Waals surface area contributed by atoms with E-state index in [1.807, 2.05) is 6.07 Å². The highest BCUT2D eigenvalue weighted by atomic mass is 16.5. The van der Waals surface area contributed by atoms with Gasteiger partial charge in [-0.1, -0.05) is 13.0 Å². The molecule has 4 nitrogen and oxygen atoms in total. The fourth-order valence-electron chi connectivity index (χ4n) is 2.72. The molecular weight excluding hydrogens is 252 g/mol. The van der Waals surface area contributed by atoms with Crippen LogP contribution in [-0.4, -0.2) is 25.6 Å². The average Bonchev–Trinajstić information content (AvgIpc) is 2.45. The van der Waals surface area contributed by atoms with Crippen LogP contribution >= 0.6 is 0 Å². The summed E-state index contributed by atoms with van der Waals surface area (Å²) in [6.45, 7) is 6.76. The Morgan fingerprint density at radius 1 is 1.30 bits per heavy atom. The zero-order valence-corrected chi connectivity index (χ0v) is 12.4. The first-order valence-electron chi connectivity index (χ1n) is 7.46. The summed E-state index contributed by atoms with van der Waals surface area (Å²) in [7, 11) is 0. The van der Waals surface area contributed by atoms with E-state index in [1.165, 1.54) is 19.3 Å². The Morgan fingerprint density at radius 3 is 2.60 bits per heavy atom. The lowest BCUT2D eigenvalue weighted by atomic mass is 10.0. The monoisotopic (exact) mass is 276 g/mol. The first-order valence-corrected chi connectivity index (χ1v) is 7.46. The molecule has 0 unspecified atom stereocenters. The van der Waals surface area contributed by atoms with Gasteiger partial charge < -0.3 is 15.4 Å². The smallest absolute Gasteiger partial charge is 0.252 e. The van der Waals surface area contributed by atoms with Gasteiger partial charge in [0.25, 0.3) is 5.91 Å². The van der Waals surface area contributed by atoms with E-state index in [1.54, 1.807) is 6.07 Å². The standard InChI is InChI=1S/C16H24N2O2/c1-3-11-20-15-13(16(17)19)8-7-12(2)14(15)18-9-5-4-6-10-18/h7-8H,3-6,9-11H2,1-2H3,(H2,17,19). The number of nitrogens with zero attached hydrogens (tertiary/aromatic N) is 1. The van der Waals surface area contributed by atoms with Crippen molar-refractivity contribution in [3.05, 3.63) is 23.3 Å². The van der Waals surface area contributed by atoms with Crippen LogP contribution in [0, 0.1) is 6.92 Å². The summed E-state index contributed by atoms with van der Waals surface area (Å²) >= 11 is 0. The van der Waals surface area contributed by atoms with Crippen molar-refractivity contribution in [1.29, 1.82) is 0 Å². The van der Waals surface area contributed by atoms with Crippen LogP contribution in [0.5, 0.6) is 5.75 Å². The number of piperidine rings is 1. The molecule has 2 rings (SSSR count). The molecule has 1 aliphatic rings. The molecule has 0 bridgehead atoms. The zero-order valence-electron chi connectivity index (χ0n) is 12.4. The summed E-state index contributed by atoms with van der Waals surface area (Å²) in [5.41, 5.74) is 8.18. The van der Waals surface area contributed by atoms with Crippen LogP contribution < -0.4 is 15.4 Å². The average molecular weight is 276 g/mol. The molecular formula is C16H24N2O2. The lowest BCUT2D eigenvalue weighted by molar-refractivity contribution is 0.0996. The van der Waals surface area contributed by atoms with E-state index in [0.717, 1.165) is 30.8 Å². The minimum Gasteiger partial charge on any atom is -0.491 e. The Morgan fingerprint density at radius 2 is 2.00 bits per heavy atom. The van der Waals surface area contributed by atoms with Crippen molar-refractivity contribution in [3.63, 3.8) is 0 Å². The van der Waals surface area contributed by atoms with Gasteiger partial charge in [-0.25, -0.2) is 0 Å². The highest BCUT2D eigenvalue weighted by Crippen LogP contribution is 2.37. The lowest BCUT2D eigenvalue weighted by Gasteiger charge is -2.32. The topological polar surface area (TPSA) is 55.6 Å². The number of aryl methyl sites for hydroxylation is 1. The van der Waals surface area contributed by atoms with Gasteiger partial charge in [0, 0.05) is 13.1 Å². The largest absolute Gasteiger partial charge is 0.491 e. The molecule has 1 heterocycles. The second-order valence-corrected chi connectivity index (χ2v) is 5.37. The van der Waals surface area contributed by atoms with Crippen molar-refractivity contribution in [2.75, 3.05) is 24.6 Å². The van der Waals surface area contributed by atoms with E-state index in [4.69, 9.17) is 10.5 Å². The first-order chi connectivity index (χ1) is 9.65. The van der Waals surface area contributed by atoms with Crippen LogP contribution in [0.25, 0.3) is 0 Å². The maximum atomic E-state index is 11.7. The van der Waals surface area contributed by atoms with Crippen LogP contribution in [-0.2, 0) is 0 Å². The normalized spacial score (nSPS) is 15.2. The van der Waals surface area contributed by atoms with E-state index < -0.39 is 5.91 Å². The Hall–Kier alpha value is -1.71. The Kier molecular flexibility index (Phi) is 4.88. The third-order valence-electron chi connectivity index (χ3n) is 3.72. The fraction of sp³-hybridized carbons (Fsp3) is 0.562. The maximum absolute atomic E-state index is 11.7. The highest BCUT2D eigenvalue weighted by Gasteiger charge is 2.22. The van der Waals surface area contributed by atoms with Gasteiger partial charge in [-0.3, -0.25) is 4.79 Å². The third-order valence-corrected chi connectivity index (χ3v) is 3.72. The molecule has 1 aromatic carbocycles. The van der Waals surface area contributed by atoms with E-state index >= 15 is 0 Å². The van der Waals surface area contributed by atoms with E-state index in [2.05, 4.69) is 18.7 Å². The van der Waals surface area contributed by atoms with Crippen LogP contribution in [0.4, 0.5) is 5.69 Å². The van der Waals surface area contributed by atoms with Gasteiger partial charge in [0.05, 0.1) is 17.9 Å². The summed E-state index contributed by atoms with van der Waals surface area (Å²) in [4.78, 5) is 14.0. The number of carbonyl (C=O) groups is 1. The molecule has 1 fully saturated rings. The van der Waals surface area contributed by atoms with E-state index in [-0.39, 0.29) is 0 Å². The molecule has 0 radical (unpaired) electrons. The van der Waals surface area contributed by atoms with Gasteiger partial charge in [-0.05, 0) is 44.2 Å². The first kappa shape index (κ1) is 14.7. The van der Waals surface area contributed by atoms with Gasteiger partial charge >= 0.3 is 0 Å². The van der Waals surface area contributed by atoms with Crippen molar-refractivity contribution in [3.8, 4) is 5.75 Å². The Labute approximate surface area is 120 Å². The minimum atomic E-state index is -0.422. The molecule has 0 aromatic heterocycles. The van der Waals surface area contributed by atoms with Gasteiger partial charge in [-0.2, -0.15) is 0 Å². The predicted molar refractivity (Wildman–Crippen MR) is 81.5 cm³/mol. The molecule has 1 saturated heterocycles. The van der Waals surface area contributed by atoms with Crippen LogP contribution in [0.1, 0.15) is 48.5 Å². The Bertz CT molecular complexity index is 480. The fourth-order valence-corrected chi connectivity index (χ4v) is 2.72. The molecule has 20 heavy (non-hydrogen) atoms. The minimum absolute atomic E-state index is 0.422. The zero-order chi connectivity index (χ0) is 14.5. The van der Waals surface area contributed by atoms with Crippen molar-refractivity contribution in [2.45, 2.75) is 39.5 Å². The van der Waals surface area contributed by atoms with Crippen molar-refractivity contribution in [1.82, 2.24) is 0 Å². The number of anilines is 1. The van der Waals surface area contributed by atoms with Crippen molar-refractivity contribution < 1.29 is 9.53 Å². The van der Waals surface area contributed by atoms with Gasteiger partial charge in [0.1, 0.15) is 0 Å². The molecule has 0 atom stereocenters. The molecule has 4 heteroatoms. The molecule has 0 aliphatic carbocycles. The molecule has 1 aliphatic heterocycles. The number of nitrogens with two attached hydrogens (primary N) is 1. The van der Waals surface area contributed by atoms with Gasteiger partial charge in [0.2, 0.25) is 0 Å². The van der Waals surface area contributed by atoms with E-state index in [0.29, 0.717) is 17.9 Å². The predicted octanol–water partition coefficient (Wildman–Crippen LogP) is 2.87. The number of rotatable bonds is 5. The van der Waals surface area contributed by atoms with E-state index in [9.17, 15) is 4.79 Å². The van der Waals surface area contributed by atoms with Crippen LogP contribution in [0.3, 0.4) is 0 Å². The van der Waals surface area contributed by atoms with Crippen LogP contribution in [0.2, 0.25) is 0 Å². The molecule has 2 N–H and O–H groups in total. The van der Waals surface area contributed by atoms with Gasteiger partial charge in [0.15, 0.2) is 5.75 Å². The Balaban J connectivity index is 2.44. The number of ether oxygens (including phenoxy) is 1. The number of benzene rings is 1. The molecule has 0 saturated carbocycles. The van der Waals surface area contributed by atoms with Gasteiger partial charge in [-0.15, -0.1) is 0 Å². The summed E-state index contributed by atoms with van der Waals surface area (Å²) in [6.07, 6.45) is 4.56. The summed E-state index contributed by atoms with van der Waals surface area (Å²) in [5, 5.41) is 0. The molecule has 1 aromatic rings. The van der Waals surface area contributed by atoms with Crippen molar-refractivity contribution >= 4 is 11.6 Å². The summed E-state index contributed by atoms with van der Waals surface area (Å²) < 4.78 is 5.87. The van der Waals surface area contributed by atoms with Crippen LogP contribution in [0.15, 0.2) is 12.1 Å². The molecule has 0 spiro atoms. The molecule has 110 valence electrons. The number of amides is 1. The van der Waals surface area contributed by atoms with Crippen molar-refractivity contribution in [2.24, 2.45) is 5.73 Å². The second-order valence-electron chi connectivity index (χ2n) is 5.37. The summed E-state index contributed by atoms with van der Waals surface area (Å²) in [5.74, 6) is 0.246. The number of carbonyl (C=O) groups excluding carboxylic acids is 1. The lowest BCUT2D eigenvalue weighted by Crippen LogP contribution is -2.31. The number of hydrogen-bond acceptors (Lipinski definition) is 3. The number of hydrogen-bond donors (Lipinski definition) is 1. The SMILES string of the molecule is CCCOc1c(C(N)=O)ccc(C)c1N1CCCCC1. The quantitative estimate of drug-likeness (QED) is 0.899.